The molecule has 1 atom stereocenters. The normalized spacial score (nSPS) is 17.3. The van der Waals surface area contributed by atoms with E-state index in [1.807, 2.05) is 0 Å². The van der Waals surface area contributed by atoms with E-state index < -0.39 is 6.04 Å². The molecule has 3 rings (SSSR count). The third kappa shape index (κ3) is 2.41. The van der Waals surface area contributed by atoms with E-state index in [9.17, 15) is 10.2 Å². The van der Waals surface area contributed by atoms with Crippen molar-refractivity contribution in [3.05, 3.63) is 30.1 Å². The van der Waals surface area contributed by atoms with Gasteiger partial charge in [0.15, 0.2) is 11.6 Å². The van der Waals surface area contributed by atoms with Gasteiger partial charge in [-0.25, -0.2) is 20.0 Å². The number of rotatable bonds is 2. The van der Waals surface area contributed by atoms with Crippen molar-refractivity contribution in [1.82, 2.24) is 9.97 Å². The van der Waals surface area contributed by atoms with Crippen LogP contribution in [0.1, 0.15) is 18.2 Å². The summed E-state index contributed by atoms with van der Waals surface area (Å²) in [6.07, 6.45) is 3.58. The summed E-state index contributed by atoms with van der Waals surface area (Å²) in [5, 5.41) is 20.0. The maximum atomic E-state index is 10.0. The molecule has 1 unspecified atom stereocenters. The number of aliphatic imine (C=N–C) groups is 2. The van der Waals surface area contributed by atoms with Crippen molar-refractivity contribution in [2.75, 3.05) is 5.73 Å². The Hall–Kier alpha value is -3.16. The van der Waals surface area contributed by atoms with Crippen LogP contribution in [0.25, 0.3) is 11.3 Å². The second-order valence-electron chi connectivity index (χ2n) is 4.74. The van der Waals surface area contributed by atoms with Crippen LogP contribution in [0.15, 0.2) is 34.4 Å². The number of hydrogen-bond donors (Lipinski definition) is 4. The summed E-state index contributed by atoms with van der Waals surface area (Å²) >= 11 is 0. The third-order valence-corrected chi connectivity index (χ3v) is 3.29. The second-order valence-corrected chi connectivity index (χ2v) is 4.74. The van der Waals surface area contributed by atoms with E-state index >= 15 is 0 Å². The maximum Gasteiger partial charge on any atom is 0.215 e. The van der Waals surface area contributed by atoms with Crippen molar-refractivity contribution in [2.24, 2.45) is 15.7 Å². The van der Waals surface area contributed by atoms with Gasteiger partial charge in [-0.05, 0) is 18.2 Å². The Bertz CT molecular complexity index is 787. The number of hydrogen-bond acceptors (Lipinski definition) is 8. The van der Waals surface area contributed by atoms with E-state index in [0.29, 0.717) is 23.4 Å². The highest BCUT2D eigenvalue weighted by molar-refractivity contribution is 5.88. The number of pyridine rings is 2. The molecule has 0 fully saturated rings. The van der Waals surface area contributed by atoms with E-state index in [4.69, 9.17) is 11.5 Å². The van der Waals surface area contributed by atoms with Crippen LogP contribution < -0.4 is 11.5 Å². The number of nitrogens with zero attached hydrogens (tertiary/aromatic N) is 4. The van der Waals surface area contributed by atoms with Gasteiger partial charge in [0.05, 0.1) is 5.69 Å². The minimum Gasteiger partial charge on any atom is -0.506 e. The van der Waals surface area contributed by atoms with E-state index in [1.165, 1.54) is 12.3 Å². The molecule has 3 heterocycles. The molecule has 8 heteroatoms. The maximum absolute atomic E-state index is 10.0. The van der Waals surface area contributed by atoms with Gasteiger partial charge in [0.2, 0.25) is 5.96 Å². The largest absolute Gasteiger partial charge is 0.506 e. The highest BCUT2D eigenvalue weighted by Gasteiger charge is 2.20. The topological polar surface area (TPSA) is 143 Å². The lowest BCUT2D eigenvalue weighted by Gasteiger charge is -2.16. The smallest absolute Gasteiger partial charge is 0.215 e. The van der Waals surface area contributed by atoms with Crippen LogP contribution in [0.4, 0.5) is 5.82 Å². The predicted octanol–water partition coefficient (Wildman–Crippen LogP) is 0.967. The molecule has 8 nitrogen and oxygen atoms in total. The van der Waals surface area contributed by atoms with Gasteiger partial charge in [-0.3, -0.25) is 0 Å². The van der Waals surface area contributed by atoms with Crippen LogP contribution in [0.5, 0.6) is 11.5 Å². The van der Waals surface area contributed by atoms with Gasteiger partial charge in [0.25, 0.3) is 0 Å². The SMILES string of the molecule is NC1=NC(c2nc(-c3ccnc(N)c3O)ccc2O)CC=N1. The standard InChI is InChI=1S/C14H14N6O2/c15-13-12(22)7(3-5-17-13)8-1-2-10(21)11(19-8)9-4-6-18-14(16)20-9/h1-3,5-6,9,21-22H,4H2,(H2,15,17)(H2,16,20). The lowest BCUT2D eigenvalue weighted by atomic mass is 10.1. The Morgan fingerprint density at radius 3 is 2.73 bits per heavy atom. The highest BCUT2D eigenvalue weighted by atomic mass is 16.3. The summed E-state index contributed by atoms with van der Waals surface area (Å²) in [6.45, 7) is 0. The minimum absolute atomic E-state index is 0.00196. The predicted molar refractivity (Wildman–Crippen MR) is 82.7 cm³/mol. The zero-order valence-corrected chi connectivity index (χ0v) is 11.5. The molecule has 1 aliphatic heterocycles. The van der Waals surface area contributed by atoms with E-state index in [1.54, 1.807) is 18.3 Å². The summed E-state index contributed by atoms with van der Waals surface area (Å²) in [7, 11) is 0. The molecule has 0 saturated carbocycles. The van der Waals surface area contributed by atoms with E-state index in [0.717, 1.165) is 0 Å². The molecule has 0 radical (unpaired) electrons. The van der Waals surface area contributed by atoms with Gasteiger partial charge in [0, 0.05) is 24.4 Å². The van der Waals surface area contributed by atoms with Crippen molar-refractivity contribution in [3.8, 4) is 22.8 Å². The molecule has 0 aliphatic carbocycles. The summed E-state index contributed by atoms with van der Waals surface area (Å²) in [4.78, 5) is 16.2. The van der Waals surface area contributed by atoms with Crippen molar-refractivity contribution in [2.45, 2.75) is 12.5 Å². The number of aromatic nitrogens is 2. The number of nitrogens with two attached hydrogens (primary N) is 2. The van der Waals surface area contributed by atoms with Gasteiger partial charge in [-0.2, -0.15) is 0 Å². The molecule has 2 aromatic heterocycles. The monoisotopic (exact) mass is 298 g/mol. The van der Waals surface area contributed by atoms with E-state index in [-0.39, 0.29) is 23.3 Å². The Morgan fingerprint density at radius 2 is 1.95 bits per heavy atom. The molecule has 2 aromatic rings. The van der Waals surface area contributed by atoms with Crippen LogP contribution in [-0.2, 0) is 0 Å². The van der Waals surface area contributed by atoms with Crippen molar-refractivity contribution >= 4 is 18.0 Å². The van der Waals surface area contributed by atoms with Crippen LogP contribution in [0.3, 0.4) is 0 Å². The molecule has 22 heavy (non-hydrogen) atoms. The highest BCUT2D eigenvalue weighted by Crippen LogP contribution is 2.35. The zero-order chi connectivity index (χ0) is 15.7. The lowest BCUT2D eigenvalue weighted by molar-refractivity contribution is 0.457. The zero-order valence-electron chi connectivity index (χ0n) is 11.5. The quantitative estimate of drug-likeness (QED) is 0.650. The Labute approximate surface area is 125 Å². The van der Waals surface area contributed by atoms with Gasteiger partial charge in [-0.1, -0.05) is 0 Å². The first-order valence-corrected chi connectivity index (χ1v) is 6.56. The second kappa shape index (κ2) is 5.32. The number of guanidine groups is 1. The van der Waals surface area contributed by atoms with Crippen molar-refractivity contribution in [3.63, 3.8) is 0 Å². The van der Waals surface area contributed by atoms with Crippen molar-refractivity contribution < 1.29 is 10.2 Å². The molecule has 0 amide bonds. The Morgan fingerprint density at radius 1 is 1.14 bits per heavy atom. The fraction of sp³-hybridized carbons (Fsp3) is 0.143. The van der Waals surface area contributed by atoms with Gasteiger partial charge >= 0.3 is 0 Å². The van der Waals surface area contributed by atoms with Crippen LogP contribution in [0.2, 0.25) is 0 Å². The molecule has 0 bridgehead atoms. The molecule has 6 N–H and O–H groups in total. The fourth-order valence-electron chi connectivity index (χ4n) is 2.20. The first-order chi connectivity index (χ1) is 10.6. The minimum atomic E-state index is -0.418. The molecular weight excluding hydrogens is 284 g/mol. The third-order valence-electron chi connectivity index (χ3n) is 3.29. The number of anilines is 1. The molecular formula is C14H14N6O2. The Kier molecular flexibility index (Phi) is 3.34. The Balaban J connectivity index is 2.07. The fourth-order valence-corrected chi connectivity index (χ4v) is 2.20. The molecule has 1 aliphatic rings. The summed E-state index contributed by atoms with van der Waals surface area (Å²) < 4.78 is 0. The molecule has 0 spiro atoms. The number of aromatic hydroxyl groups is 2. The first kappa shape index (κ1) is 13.8. The summed E-state index contributed by atoms with van der Waals surface area (Å²) in [5.74, 6) is 0.00169. The average Bonchev–Trinajstić information content (AvgIpc) is 2.51. The van der Waals surface area contributed by atoms with E-state index in [2.05, 4.69) is 20.0 Å². The van der Waals surface area contributed by atoms with Crippen LogP contribution in [-0.4, -0.2) is 32.4 Å². The average molecular weight is 298 g/mol. The van der Waals surface area contributed by atoms with Crippen molar-refractivity contribution in [1.29, 1.82) is 0 Å². The van der Waals surface area contributed by atoms with Gasteiger partial charge < -0.3 is 21.7 Å². The van der Waals surface area contributed by atoms with Crippen LogP contribution >= 0.6 is 0 Å². The summed E-state index contributed by atoms with van der Waals surface area (Å²) in [6, 6.07) is 4.25. The lowest BCUT2D eigenvalue weighted by Crippen LogP contribution is -2.16. The molecule has 112 valence electrons. The number of nitrogen functional groups attached to an aromatic ring is 1. The molecule has 0 saturated heterocycles. The van der Waals surface area contributed by atoms with Gasteiger partial charge in [0.1, 0.15) is 17.5 Å². The first-order valence-electron chi connectivity index (χ1n) is 6.56. The van der Waals surface area contributed by atoms with Crippen LogP contribution in [0, 0.1) is 0 Å². The molecule has 0 aromatic carbocycles. The summed E-state index contributed by atoms with van der Waals surface area (Å²) in [5.41, 5.74) is 12.4. The van der Waals surface area contributed by atoms with Gasteiger partial charge in [-0.15, -0.1) is 0 Å².